The van der Waals surface area contributed by atoms with E-state index in [2.05, 4.69) is 51.5 Å². The van der Waals surface area contributed by atoms with E-state index in [-0.39, 0.29) is 0 Å². The third kappa shape index (κ3) is 2.59. The van der Waals surface area contributed by atoms with E-state index in [0.29, 0.717) is 0 Å². The number of rotatable bonds is 3. The van der Waals surface area contributed by atoms with Crippen LogP contribution in [0.3, 0.4) is 0 Å². The van der Waals surface area contributed by atoms with E-state index < -0.39 is 0 Å². The molecular weight excluding hydrogens is 304 g/mol. The fourth-order valence-corrected chi connectivity index (χ4v) is 2.88. The van der Waals surface area contributed by atoms with Gasteiger partial charge < -0.3 is 0 Å². The van der Waals surface area contributed by atoms with E-state index in [9.17, 15) is 0 Å². The van der Waals surface area contributed by atoms with Crippen molar-refractivity contribution in [3.05, 3.63) is 67.1 Å². The Hall–Kier alpha value is -2.66. The minimum Gasteiger partial charge on any atom is -0.275 e. The standard InChI is InChI=1S/C18H13N4S/c1-23-18-20-9-8-16(21-18)22-11-10-19-17(22)15-7-6-13-4-2-3-5-14(13)12-15/h2-10,12H,1H3. The lowest BCUT2D eigenvalue weighted by Gasteiger charge is -2.08. The number of aromatic nitrogens is 4. The average molecular weight is 317 g/mol. The van der Waals surface area contributed by atoms with E-state index in [0.717, 1.165) is 22.4 Å². The zero-order valence-corrected chi connectivity index (χ0v) is 13.3. The molecule has 0 saturated carbocycles. The van der Waals surface area contributed by atoms with Crippen LogP contribution in [-0.2, 0) is 0 Å². The number of nitrogens with zero attached hydrogens (tertiary/aromatic N) is 4. The maximum atomic E-state index is 4.53. The topological polar surface area (TPSA) is 43.6 Å². The van der Waals surface area contributed by atoms with Crippen molar-refractivity contribution in [3.8, 4) is 17.2 Å². The van der Waals surface area contributed by atoms with Crippen molar-refractivity contribution in [1.29, 1.82) is 0 Å². The minimum atomic E-state index is 0.731. The lowest BCUT2D eigenvalue weighted by atomic mass is 10.1. The lowest BCUT2D eigenvalue weighted by Crippen LogP contribution is -2.01. The van der Waals surface area contributed by atoms with Gasteiger partial charge in [0.2, 0.25) is 0 Å². The van der Waals surface area contributed by atoms with Crippen molar-refractivity contribution in [1.82, 2.24) is 19.5 Å². The van der Waals surface area contributed by atoms with Gasteiger partial charge in [-0.3, -0.25) is 4.57 Å². The lowest BCUT2D eigenvalue weighted by molar-refractivity contribution is 0.891. The molecule has 1 radical (unpaired) electrons. The number of hydrogen-bond donors (Lipinski definition) is 0. The molecule has 0 N–H and O–H groups in total. The molecule has 2 heterocycles. The molecule has 0 spiro atoms. The van der Waals surface area contributed by atoms with Crippen molar-refractivity contribution >= 4 is 22.5 Å². The summed E-state index contributed by atoms with van der Waals surface area (Å²) in [4.78, 5) is 13.2. The number of fused-ring (bicyclic) bond motifs is 1. The van der Waals surface area contributed by atoms with E-state index >= 15 is 0 Å². The first-order valence-electron chi connectivity index (χ1n) is 7.17. The van der Waals surface area contributed by atoms with Crippen molar-refractivity contribution < 1.29 is 0 Å². The summed E-state index contributed by atoms with van der Waals surface area (Å²) in [5.41, 5.74) is 1.04. The molecule has 0 bridgehead atoms. The third-order valence-electron chi connectivity index (χ3n) is 3.62. The molecule has 0 saturated heterocycles. The highest BCUT2D eigenvalue weighted by atomic mass is 32.2. The van der Waals surface area contributed by atoms with Crippen LogP contribution < -0.4 is 0 Å². The van der Waals surface area contributed by atoms with Crippen molar-refractivity contribution in [2.45, 2.75) is 5.16 Å². The first kappa shape index (κ1) is 14.0. The molecule has 0 aliphatic carbocycles. The summed E-state index contributed by atoms with van der Waals surface area (Å²) in [6.45, 7) is 0. The molecule has 111 valence electrons. The predicted octanol–water partition coefficient (Wildman–Crippen LogP) is 4.00. The van der Waals surface area contributed by atoms with Crippen LogP contribution >= 0.6 is 11.8 Å². The Morgan fingerprint density at radius 2 is 1.87 bits per heavy atom. The maximum Gasteiger partial charge on any atom is 0.189 e. The first-order chi connectivity index (χ1) is 11.3. The summed E-state index contributed by atoms with van der Waals surface area (Å²) in [7, 11) is 0. The van der Waals surface area contributed by atoms with Crippen LogP contribution in [0.25, 0.3) is 28.0 Å². The van der Waals surface area contributed by atoms with E-state index in [4.69, 9.17) is 0 Å². The summed E-state index contributed by atoms with van der Waals surface area (Å²) in [5, 5.41) is 3.13. The largest absolute Gasteiger partial charge is 0.275 e. The molecule has 4 aromatic rings. The Morgan fingerprint density at radius 1 is 1.00 bits per heavy atom. The normalized spacial score (nSPS) is 11.0. The minimum absolute atomic E-state index is 0.731. The van der Waals surface area contributed by atoms with Crippen LogP contribution in [0.1, 0.15) is 0 Å². The Morgan fingerprint density at radius 3 is 2.74 bits per heavy atom. The quantitative estimate of drug-likeness (QED) is 0.423. The van der Waals surface area contributed by atoms with Crippen LogP contribution in [0, 0.1) is 6.20 Å². The smallest absolute Gasteiger partial charge is 0.189 e. The summed E-state index contributed by atoms with van der Waals surface area (Å²) < 4.78 is 1.87. The van der Waals surface area contributed by atoms with Gasteiger partial charge in [0.25, 0.3) is 0 Å². The molecule has 5 heteroatoms. The zero-order chi connectivity index (χ0) is 15.6. The second-order valence-electron chi connectivity index (χ2n) is 5.01. The summed E-state index contributed by atoms with van der Waals surface area (Å²) >= 11 is 1.51. The summed E-state index contributed by atoms with van der Waals surface area (Å²) in [6.07, 6.45) is 8.51. The second kappa shape index (κ2) is 5.85. The highest BCUT2D eigenvalue weighted by molar-refractivity contribution is 7.98. The van der Waals surface area contributed by atoms with E-state index in [1.807, 2.05) is 29.0 Å². The molecule has 0 amide bonds. The van der Waals surface area contributed by atoms with E-state index in [1.165, 1.54) is 22.5 Å². The third-order valence-corrected chi connectivity index (χ3v) is 4.19. The van der Waals surface area contributed by atoms with Crippen molar-refractivity contribution in [3.63, 3.8) is 0 Å². The monoisotopic (exact) mass is 317 g/mol. The van der Waals surface area contributed by atoms with Gasteiger partial charge in [0.15, 0.2) is 5.16 Å². The Labute approximate surface area is 138 Å². The van der Waals surface area contributed by atoms with Crippen LogP contribution in [0.15, 0.2) is 66.1 Å². The molecular formula is C18H13N4S. The van der Waals surface area contributed by atoms with Gasteiger partial charge >= 0.3 is 0 Å². The number of benzene rings is 2. The second-order valence-corrected chi connectivity index (χ2v) is 5.78. The van der Waals surface area contributed by atoms with Crippen molar-refractivity contribution in [2.24, 2.45) is 0 Å². The molecule has 0 fully saturated rings. The van der Waals surface area contributed by atoms with Gasteiger partial charge in [-0.15, -0.1) is 0 Å². The summed E-state index contributed by atoms with van der Waals surface area (Å²) in [5.74, 6) is 1.59. The molecule has 0 aliphatic rings. The van der Waals surface area contributed by atoms with Gasteiger partial charge in [-0.2, -0.15) is 0 Å². The molecule has 23 heavy (non-hydrogen) atoms. The van der Waals surface area contributed by atoms with E-state index in [1.54, 1.807) is 12.4 Å². The molecule has 2 aromatic heterocycles. The van der Waals surface area contributed by atoms with Crippen molar-refractivity contribution in [2.75, 3.05) is 6.26 Å². The molecule has 4 nitrogen and oxygen atoms in total. The molecule has 0 aliphatic heterocycles. The number of imidazole rings is 1. The SMILES string of the molecule is CSc1nccc(-n2[c]cnc2-c2ccc3ccccc3c2)n1. The van der Waals surface area contributed by atoms with Gasteiger partial charge in [0.05, 0.1) is 12.4 Å². The molecule has 4 rings (SSSR count). The van der Waals surface area contributed by atoms with Crippen LogP contribution in [0.4, 0.5) is 0 Å². The molecule has 2 aromatic carbocycles. The van der Waals surface area contributed by atoms with Gasteiger partial charge in [-0.1, -0.05) is 48.2 Å². The fraction of sp³-hybridized carbons (Fsp3) is 0.0556. The number of hydrogen-bond acceptors (Lipinski definition) is 4. The number of thioether (sulfide) groups is 1. The van der Waals surface area contributed by atoms with Gasteiger partial charge in [0.1, 0.15) is 11.6 Å². The predicted molar refractivity (Wildman–Crippen MR) is 92.7 cm³/mol. The zero-order valence-electron chi connectivity index (χ0n) is 12.5. The Balaban J connectivity index is 1.84. The van der Waals surface area contributed by atoms with Gasteiger partial charge in [-0.05, 0) is 29.2 Å². The Kier molecular flexibility index (Phi) is 3.55. The van der Waals surface area contributed by atoms with Gasteiger partial charge in [-0.25, -0.2) is 15.0 Å². The van der Waals surface area contributed by atoms with Crippen LogP contribution in [0.5, 0.6) is 0 Å². The fourth-order valence-electron chi connectivity index (χ4n) is 2.53. The highest BCUT2D eigenvalue weighted by Gasteiger charge is 2.10. The average Bonchev–Trinajstić information content (AvgIpc) is 3.11. The summed E-state index contributed by atoms with van der Waals surface area (Å²) in [6, 6.07) is 16.5. The Bertz CT molecular complexity index is 977. The maximum absolute atomic E-state index is 4.53. The van der Waals surface area contributed by atoms with Gasteiger partial charge in [0, 0.05) is 11.8 Å². The van der Waals surface area contributed by atoms with Crippen LogP contribution in [0.2, 0.25) is 0 Å². The highest BCUT2D eigenvalue weighted by Crippen LogP contribution is 2.25. The molecule has 0 atom stereocenters. The first-order valence-corrected chi connectivity index (χ1v) is 8.39. The van der Waals surface area contributed by atoms with Crippen LogP contribution in [-0.4, -0.2) is 25.8 Å². The molecule has 0 unspecified atom stereocenters.